The van der Waals surface area contributed by atoms with Gasteiger partial charge in [0.05, 0.1) is 24.9 Å². The molecule has 130 valence electrons. The Bertz CT molecular complexity index is 831. The first-order chi connectivity index (χ1) is 11.9. The molecule has 0 unspecified atom stereocenters. The van der Waals surface area contributed by atoms with E-state index in [-0.39, 0.29) is 29.4 Å². The fourth-order valence-corrected chi connectivity index (χ4v) is 2.31. The van der Waals surface area contributed by atoms with Crippen molar-refractivity contribution in [2.45, 2.75) is 0 Å². The smallest absolute Gasteiger partial charge is 0.357 e. The van der Waals surface area contributed by atoms with Crippen LogP contribution in [0.15, 0.2) is 30.5 Å². The van der Waals surface area contributed by atoms with Gasteiger partial charge in [0, 0.05) is 17.6 Å². The number of carbonyl (C=O) groups excluding carboxylic acids is 2. The number of carbonyl (C=O) groups is 2. The Hall–Kier alpha value is -3.31. The van der Waals surface area contributed by atoms with Crippen LogP contribution in [0.25, 0.3) is 5.69 Å². The zero-order chi connectivity index (χ0) is 18.6. The molecule has 8 nitrogen and oxygen atoms in total. The molecule has 0 aliphatic heterocycles. The summed E-state index contributed by atoms with van der Waals surface area (Å²) in [5, 5.41) is 11.9. The third kappa shape index (κ3) is 3.97. The Labute approximate surface area is 145 Å². The summed E-state index contributed by atoms with van der Waals surface area (Å²) in [5.74, 6) is -0.771. The zero-order valence-electron chi connectivity index (χ0n) is 14.2. The molecule has 0 saturated heterocycles. The van der Waals surface area contributed by atoms with Gasteiger partial charge in [-0.25, -0.2) is 4.79 Å². The van der Waals surface area contributed by atoms with E-state index in [2.05, 4.69) is 5.32 Å². The summed E-state index contributed by atoms with van der Waals surface area (Å²) in [6.07, 6.45) is 1.47. The van der Waals surface area contributed by atoms with E-state index in [0.717, 1.165) is 0 Å². The molecular formula is C17H19N5O3. The lowest BCUT2D eigenvalue weighted by atomic mass is 10.2. The predicted octanol–water partition coefficient (Wildman–Crippen LogP) is 1.22. The molecule has 1 aromatic carbocycles. The second-order valence-corrected chi connectivity index (χ2v) is 5.61. The SMILES string of the molecule is COC(=O)c1c(N)c(C#N)cn1-c1ccc(NC(=O)CN(C)C)cc1. The van der Waals surface area contributed by atoms with Crippen molar-refractivity contribution >= 4 is 23.3 Å². The predicted molar refractivity (Wildman–Crippen MR) is 93.4 cm³/mol. The first-order valence-electron chi connectivity index (χ1n) is 7.41. The highest BCUT2D eigenvalue weighted by Gasteiger charge is 2.21. The molecule has 8 heteroatoms. The van der Waals surface area contributed by atoms with Crippen LogP contribution in [0.5, 0.6) is 0 Å². The molecule has 0 spiro atoms. The third-order valence-corrected chi connectivity index (χ3v) is 3.43. The minimum atomic E-state index is -0.637. The van der Waals surface area contributed by atoms with E-state index >= 15 is 0 Å². The normalized spacial score (nSPS) is 10.4. The molecule has 0 saturated carbocycles. The van der Waals surface area contributed by atoms with E-state index in [1.165, 1.54) is 17.9 Å². The average molecular weight is 341 g/mol. The third-order valence-electron chi connectivity index (χ3n) is 3.43. The number of ether oxygens (including phenoxy) is 1. The molecule has 0 bridgehead atoms. The highest BCUT2D eigenvalue weighted by atomic mass is 16.5. The number of amides is 1. The van der Waals surface area contributed by atoms with E-state index in [4.69, 9.17) is 15.7 Å². The standard InChI is InChI=1S/C17H19N5O3/c1-21(2)10-14(23)20-12-4-6-13(7-5-12)22-9-11(8-18)15(19)16(22)17(24)25-3/h4-7,9H,10,19H2,1-3H3,(H,20,23). The Morgan fingerprint density at radius 2 is 1.96 bits per heavy atom. The van der Waals surface area contributed by atoms with Crippen molar-refractivity contribution < 1.29 is 14.3 Å². The quantitative estimate of drug-likeness (QED) is 0.791. The van der Waals surface area contributed by atoms with Gasteiger partial charge in [0.1, 0.15) is 6.07 Å². The van der Waals surface area contributed by atoms with Crippen LogP contribution in [0, 0.1) is 11.3 Å². The van der Waals surface area contributed by atoms with Gasteiger partial charge in [-0.3, -0.25) is 4.79 Å². The lowest BCUT2D eigenvalue weighted by molar-refractivity contribution is -0.116. The minimum absolute atomic E-state index is 0.0673. The lowest BCUT2D eigenvalue weighted by Crippen LogP contribution is -2.27. The molecule has 0 fully saturated rings. The van der Waals surface area contributed by atoms with Gasteiger partial charge >= 0.3 is 5.97 Å². The van der Waals surface area contributed by atoms with Crippen molar-refractivity contribution in [2.24, 2.45) is 0 Å². The summed E-state index contributed by atoms with van der Waals surface area (Å²) in [6, 6.07) is 8.76. The maximum absolute atomic E-state index is 12.0. The molecule has 3 N–H and O–H groups in total. The number of rotatable bonds is 5. The number of likely N-dealkylation sites (N-methyl/N-ethyl adjacent to an activating group) is 1. The van der Waals surface area contributed by atoms with Crippen LogP contribution in [-0.4, -0.2) is 49.1 Å². The van der Waals surface area contributed by atoms with E-state index in [9.17, 15) is 9.59 Å². The van der Waals surface area contributed by atoms with Crippen molar-refractivity contribution in [2.75, 3.05) is 38.8 Å². The fourth-order valence-electron chi connectivity index (χ4n) is 2.31. The number of methoxy groups -OCH3 is 1. The maximum Gasteiger partial charge on any atom is 0.357 e. The molecular weight excluding hydrogens is 322 g/mol. The van der Waals surface area contributed by atoms with Crippen molar-refractivity contribution in [3.8, 4) is 11.8 Å². The summed E-state index contributed by atoms with van der Waals surface area (Å²) in [5.41, 5.74) is 7.43. The number of nitriles is 1. The molecule has 1 aromatic heterocycles. The summed E-state index contributed by atoms with van der Waals surface area (Å²) < 4.78 is 6.23. The van der Waals surface area contributed by atoms with Gasteiger partial charge in [-0.15, -0.1) is 0 Å². The van der Waals surface area contributed by atoms with Crippen LogP contribution in [0.4, 0.5) is 11.4 Å². The largest absolute Gasteiger partial charge is 0.464 e. The molecule has 0 atom stereocenters. The van der Waals surface area contributed by atoms with Crippen molar-refractivity contribution in [1.29, 1.82) is 5.26 Å². The Kier molecular flexibility index (Phi) is 5.41. The van der Waals surface area contributed by atoms with Crippen LogP contribution in [-0.2, 0) is 9.53 Å². The average Bonchev–Trinajstić information content (AvgIpc) is 2.90. The van der Waals surface area contributed by atoms with E-state index in [0.29, 0.717) is 11.4 Å². The number of nitrogen functional groups attached to an aromatic ring is 1. The number of esters is 1. The molecule has 2 aromatic rings. The number of hydrogen-bond donors (Lipinski definition) is 2. The number of hydrogen-bond acceptors (Lipinski definition) is 6. The van der Waals surface area contributed by atoms with Crippen molar-refractivity contribution in [3.05, 3.63) is 41.7 Å². The number of anilines is 2. The van der Waals surface area contributed by atoms with Crippen LogP contribution >= 0.6 is 0 Å². The number of benzene rings is 1. The molecule has 2 rings (SSSR count). The monoisotopic (exact) mass is 341 g/mol. The Morgan fingerprint density at radius 3 is 2.48 bits per heavy atom. The van der Waals surface area contributed by atoms with Gasteiger partial charge in [-0.1, -0.05) is 0 Å². The zero-order valence-corrected chi connectivity index (χ0v) is 14.2. The van der Waals surface area contributed by atoms with Gasteiger partial charge in [-0.2, -0.15) is 5.26 Å². The summed E-state index contributed by atoms with van der Waals surface area (Å²) in [7, 11) is 4.86. The first-order valence-corrected chi connectivity index (χ1v) is 7.41. The number of nitrogens with zero attached hydrogens (tertiary/aromatic N) is 3. The van der Waals surface area contributed by atoms with Crippen molar-refractivity contribution in [1.82, 2.24) is 9.47 Å². The molecule has 0 aliphatic rings. The number of nitrogens with one attached hydrogen (secondary N) is 1. The van der Waals surface area contributed by atoms with Crippen LogP contribution in [0.3, 0.4) is 0 Å². The molecule has 1 heterocycles. The Morgan fingerprint density at radius 1 is 1.32 bits per heavy atom. The van der Waals surface area contributed by atoms with Crippen LogP contribution in [0.1, 0.15) is 16.1 Å². The number of nitrogens with two attached hydrogens (primary N) is 1. The van der Waals surface area contributed by atoms with E-state index < -0.39 is 5.97 Å². The summed E-state index contributed by atoms with van der Waals surface area (Å²) in [6.45, 7) is 0.272. The van der Waals surface area contributed by atoms with Crippen LogP contribution in [0.2, 0.25) is 0 Å². The second kappa shape index (κ2) is 7.51. The lowest BCUT2D eigenvalue weighted by Gasteiger charge is -2.12. The number of aromatic nitrogens is 1. The summed E-state index contributed by atoms with van der Waals surface area (Å²) >= 11 is 0. The topological polar surface area (TPSA) is 113 Å². The van der Waals surface area contributed by atoms with Gasteiger partial charge in [0.25, 0.3) is 0 Å². The van der Waals surface area contributed by atoms with Crippen LogP contribution < -0.4 is 11.1 Å². The summed E-state index contributed by atoms with van der Waals surface area (Å²) in [4.78, 5) is 25.5. The first kappa shape index (κ1) is 18.0. The molecule has 0 radical (unpaired) electrons. The van der Waals surface area contributed by atoms with Gasteiger partial charge in [0.15, 0.2) is 5.69 Å². The van der Waals surface area contributed by atoms with Crippen molar-refractivity contribution in [3.63, 3.8) is 0 Å². The van der Waals surface area contributed by atoms with E-state index in [1.807, 2.05) is 6.07 Å². The highest BCUT2D eigenvalue weighted by Crippen LogP contribution is 2.25. The van der Waals surface area contributed by atoms with E-state index in [1.54, 1.807) is 43.3 Å². The maximum atomic E-state index is 12.0. The second-order valence-electron chi connectivity index (χ2n) is 5.61. The van der Waals surface area contributed by atoms with Gasteiger partial charge in [0.2, 0.25) is 5.91 Å². The Balaban J connectivity index is 2.33. The highest BCUT2D eigenvalue weighted by molar-refractivity contribution is 5.96. The fraction of sp³-hybridized carbons (Fsp3) is 0.235. The van der Waals surface area contributed by atoms with Gasteiger partial charge in [-0.05, 0) is 38.4 Å². The minimum Gasteiger partial charge on any atom is -0.464 e. The van der Waals surface area contributed by atoms with Gasteiger partial charge < -0.3 is 25.3 Å². The molecule has 0 aliphatic carbocycles. The molecule has 1 amide bonds. The molecule has 25 heavy (non-hydrogen) atoms.